The first-order chi connectivity index (χ1) is 8.19. The van der Waals surface area contributed by atoms with Gasteiger partial charge in [0, 0.05) is 24.7 Å². The Morgan fingerprint density at radius 3 is 2.88 bits per heavy atom. The Balaban J connectivity index is 2.57. The number of nitrogens with one attached hydrogen (secondary N) is 1. The van der Waals surface area contributed by atoms with Crippen molar-refractivity contribution in [2.24, 2.45) is 0 Å². The number of hydrogen-bond acceptors (Lipinski definition) is 3. The highest BCUT2D eigenvalue weighted by molar-refractivity contribution is 5.92. The second-order valence-corrected chi connectivity index (χ2v) is 4.56. The quantitative estimate of drug-likeness (QED) is 0.679. The van der Waals surface area contributed by atoms with Crippen LogP contribution in [0, 0.1) is 0 Å². The fourth-order valence-electron chi connectivity index (χ4n) is 2.22. The van der Waals surface area contributed by atoms with Crippen LogP contribution in [0.1, 0.15) is 33.1 Å². The van der Waals surface area contributed by atoms with Crippen molar-refractivity contribution >= 4 is 5.91 Å². The predicted molar refractivity (Wildman–Crippen MR) is 68.7 cm³/mol. The zero-order valence-corrected chi connectivity index (χ0v) is 10.9. The van der Waals surface area contributed by atoms with Crippen molar-refractivity contribution in [3.8, 4) is 0 Å². The molecule has 0 radical (unpaired) electrons. The molecule has 4 nitrogen and oxygen atoms in total. The number of aliphatic hydroxyl groups is 1. The van der Waals surface area contributed by atoms with Crippen LogP contribution in [0.5, 0.6) is 0 Å². The highest BCUT2D eigenvalue weighted by atomic mass is 16.3. The molecule has 1 saturated heterocycles. The van der Waals surface area contributed by atoms with Gasteiger partial charge in [-0.2, -0.15) is 0 Å². The largest absolute Gasteiger partial charge is 0.395 e. The van der Waals surface area contributed by atoms with Crippen molar-refractivity contribution in [3.63, 3.8) is 0 Å². The lowest BCUT2D eigenvalue weighted by Crippen LogP contribution is -2.42. The lowest BCUT2D eigenvalue weighted by atomic mass is 10.1. The molecule has 1 unspecified atom stereocenters. The summed E-state index contributed by atoms with van der Waals surface area (Å²) >= 11 is 0. The van der Waals surface area contributed by atoms with Gasteiger partial charge < -0.3 is 15.3 Å². The first-order valence-electron chi connectivity index (χ1n) is 6.49. The molecule has 0 aliphatic carbocycles. The van der Waals surface area contributed by atoms with Crippen LogP contribution < -0.4 is 5.32 Å². The molecule has 1 fully saturated rings. The number of carbonyl (C=O) groups excluding carboxylic acids is 1. The number of nitrogens with zero attached hydrogens (tertiary/aromatic N) is 1. The van der Waals surface area contributed by atoms with Gasteiger partial charge in [0.2, 0.25) is 5.91 Å². The van der Waals surface area contributed by atoms with Crippen LogP contribution in [0.15, 0.2) is 11.6 Å². The third-order valence-electron chi connectivity index (χ3n) is 3.11. The van der Waals surface area contributed by atoms with E-state index in [2.05, 4.69) is 5.32 Å². The van der Waals surface area contributed by atoms with Crippen molar-refractivity contribution in [2.45, 2.75) is 39.2 Å². The Hall–Kier alpha value is -0.870. The fraction of sp³-hybridized carbons (Fsp3) is 0.769. The summed E-state index contributed by atoms with van der Waals surface area (Å²) in [6.07, 6.45) is 5.10. The molecule has 2 N–H and O–H groups in total. The summed E-state index contributed by atoms with van der Waals surface area (Å²) < 4.78 is 0. The average molecular weight is 240 g/mol. The van der Waals surface area contributed by atoms with Crippen molar-refractivity contribution in [1.82, 2.24) is 10.2 Å². The van der Waals surface area contributed by atoms with Crippen LogP contribution >= 0.6 is 0 Å². The number of allylic oxidation sites excluding steroid dienone is 1. The molecule has 0 spiro atoms. The molecule has 1 amide bonds. The molecular weight excluding hydrogens is 216 g/mol. The minimum atomic E-state index is 0.0257. The van der Waals surface area contributed by atoms with Crippen LogP contribution in [0.2, 0.25) is 0 Å². The number of rotatable bonds is 6. The van der Waals surface area contributed by atoms with Crippen LogP contribution in [0.25, 0.3) is 0 Å². The van der Waals surface area contributed by atoms with Crippen LogP contribution in [-0.2, 0) is 4.79 Å². The van der Waals surface area contributed by atoms with E-state index in [9.17, 15) is 4.79 Å². The van der Waals surface area contributed by atoms with Gasteiger partial charge in [0.15, 0.2) is 0 Å². The highest BCUT2D eigenvalue weighted by Crippen LogP contribution is 2.09. The molecule has 1 aliphatic heterocycles. The van der Waals surface area contributed by atoms with E-state index in [1.54, 1.807) is 4.90 Å². The molecule has 1 rings (SSSR count). The molecule has 1 aliphatic rings. The monoisotopic (exact) mass is 240 g/mol. The molecule has 17 heavy (non-hydrogen) atoms. The molecular formula is C13H24N2O2. The summed E-state index contributed by atoms with van der Waals surface area (Å²) in [5.41, 5.74) is 0.777. The summed E-state index contributed by atoms with van der Waals surface area (Å²) in [6, 6.07) is 0.389. The molecule has 0 aromatic rings. The topological polar surface area (TPSA) is 52.6 Å². The average Bonchev–Trinajstić information content (AvgIpc) is 2.80. The Bertz CT molecular complexity index is 271. The van der Waals surface area contributed by atoms with Crippen molar-refractivity contribution in [3.05, 3.63) is 11.6 Å². The van der Waals surface area contributed by atoms with E-state index in [0.29, 0.717) is 19.1 Å². The lowest BCUT2D eigenvalue weighted by molar-refractivity contribution is -0.127. The first-order valence-corrected chi connectivity index (χ1v) is 6.49. The van der Waals surface area contributed by atoms with E-state index < -0.39 is 0 Å². The number of carbonyl (C=O) groups is 1. The highest BCUT2D eigenvalue weighted by Gasteiger charge is 2.21. The standard InChI is InChI=1S/C13H24N2O2/c1-3-5-11(2)13(17)15(8-9-16)10-12-6-4-7-14-12/h5,12,14,16H,3-4,6-10H2,1-2H3/b11-5-. The number of aliphatic hydroxyl groups excluding tert-OH is 1. The molecule has 1 atom stereocenters. The van der Waals surface area contributed by atoms with Crippen LogP contribution in [0.3, 0.4) is 0 Å². The summed E-state index contributed by atoms with van der Waals surface area (Å²) in [4.78, 5) is 13.9. The molecule has 0 aromatic heterocycles. The second-order valence-electron chi connectivity index (χ2n) is 4.56. The number of amides is 1. The minimum absolute atomic E-state index is 0.0257. The van der Waals surface area contributed by atoms with Crippen molar-refractivity contribution in [1.29, 1.82) is 0 Å². The second kappa shape index (κ2) is 7.45. The molecule has 1 heterocycles. The maximum Gasteiger partial charge on any atom is 0.249 e. The van der Waals surface area contributed by atoms with Crippen LogP contribution in [-0.4, -0.2) is 48.2 Å². The van der Waals surface area contributed by atoms with Gasteiger partial charge in [0.05, 0.1) is 6.61 Å². The van der Waals surface area contributed by atoms with E-state index >= 15 is 0 Å². The van der Waals surface area contributed by atoms with Gasteiger partial charge in [0.25, 0.3) is 0 Å². The molecule has 0 bridgehead atoms. The smallest absolute Gasteiger partial charge is 0.249 e. The Morgan fingerprint density at radius 2 is 2.35 bits per heavy atom. The van der Waals surface area contributed by atoms with E-state index in [4.69, 9.17) is 5.11 Å². The fourth-order valence-corrected chi connectivity index (χ4v) is 2.22. The van der Waals surface area contributed by atoms with Gasteiger partial charge in [-0.3, -0.25) is 4.79 Å². The van der Waals surface area contributed by atoms with Gasteiger partial charge in [-0.05, 0) is 32.7 Å². The van der Waals surface area contributed by atoms with Crippen molar-refractivity contribution < 1.29 is 9.90 Å². The van der Waals surface area contributed by atoms with E-state index in [-0.39, 0.29) is 12.5 Å². The predicted octanol–water partition coefficient (Wildman–Crippen LogP) is 0.916. The minimum Gasteiger partial charge on any atom is -0.395 e. The summed E-state index contributed by atoms with van der Waals surface area (Å²) in [7, 11) is 0. The van der Waals surface area contributed by atoms with Gasteiger partial charge in [-0.25, -0.2) is 0 Å². The maximum absolute atomic E-state index is 12.1. The zero-order chi connectivity index (χ0) is 12.7. The molecule has 4 heteroatoms. The van der Waals surface area contributed by atoms with Gasteiger partial charge >= 0.3 is 0 Å². The number of hydrogen-bond donors (Lipinski definition) is 2. The van der Waals surface area contributed by atoms with Crippen molar-refractivity contribution in [2.75, 3.05) is 26.2 Å². The Morgan fingerprint density at radius 1 is 1.59 bits per heavy atom. The van der Waals surface area contributed by atoms with Gasteiger partial charge in [0.1, 0.15) is 0 Å². The Kier molecular flexibility index (Phi) is 6.22. The van der Waals surface area contributed by atoms with Gasteiger partial charge in [-0.1, -0.05) is 13.0 Å². The molecule has 0 aromatic carbocycles. The zero-order valence-electron chi connectivity index (χ0n) is 10.9. The maximum atomic E-state index is 12.1. The summed E-state index contributed by atoms with van der Waals surface area (Å²) in [6.45, 7) is 6.05. The normalized spacial score (nSPS) is 20.6. The summed E-state index contributed by atoms with van der Waals surface area (Å²) in [5, 5.41) is 12.4. The van der Waals surface area contributed by atoms with E-state index in [1.807, 2.05) is 19.9 Å². The summed E-state index contributed by atoms with van der Waals surface area (Å²) in [5.74, 6) is 0.0506. The SMILES string of the molecule is CC/C=C(/C)C(=O)N(CCO)CC1CCCN1. The molecule has 98 valence electrons. The van der Waals surface area contributed by atoms with Gasteiger partial charge in [-0.15, -0.1) is 0 Å². The van der Waals surface area contributed by atoms with Crippen LogP contribution in [0.4, 0.5) is 0 Å². The third kappa shape index (κ3) is 4.48. The third-order valence-corrected chi connectivity index (χ3v) is 3.11. The lowest BCUT2D eigenvalue weighted by Gasteiger charge is -2.25. The first kappa shape index (κ1) is 14.2. The Labute approximate surface area is 104 Å². The molecule has 0 saturated carbocycles. The van der Waals surface area contributed by atoms with E-state index in [1.165, 1.54) is 6.42 Å². The van der Waals surface area contributed by atoms with E-state index in [0.717, 1.165) is 25.0 Å².